The number of fused-ring (bicyclic) bond motifs is 6. The maximum absolute atomic E-state index is 14.1. The van der Waals surface area contributed by atoms with Gasteiger partial charge in [-0.3, -0.25) is 9.59 Å². The molecular formula is C36H22N4O4. The molecule has 8 heteroatoms. The van der Waals surface area contributed by atoms with Gasteiger partial charge in [0.2, 0.25) is 11.8 Å². The van der Waals surface area contributed by atoms with Crippen LogP contribution in [0.3, 0.4) is 0 Å². The molecule has 0 radical (unpaired) electrons. The molecule has 0 atom stereocenters. The van der Waals surface area contributed by atoms with Crippen molar-refractivity contribution in [2.24, 2.45) is 14.1 Å². The minimum absolute atomic E-state index is 0.132. The maximum atomic E-state index is 14.1. The van der Waals surface area contributed by atoms with E-state index in [0.29, 0.717) is 77.7 Å². The van der Waals surface area contributed by atoms with Gasteiger partial charge in [0, 0.05) is 35.6 Å². The van der Waals surface area contributed by atoms with Crippen molar-refractivity contribution < 1.29 is 8.83 Å². The number of benzene rings is 5. The third kappa shape index (κ3) is 3.27. The zero-order valence-corrected chi connectivity index (χ0v) is 23.7. The largest absolute Gasteiger partial charge is 0.436 e. The number of aryl methyl sites for hydroxylation is 2. The Morgan fingerprint density at radius 3 is 1.39 bits per heavy atom. The summed E-state index contributed by atoms with van der Waals surface area (Å²) in [5.74, 6) is 0.862. The normalized spacial score (nSPS) is 12.0. The Hall–Kier alpha value is -6.02. The fourth-order valence-corrected chi connectivity index (χ4v) is 6.52. The molecule has 4 aromatic heterocycles. The number of rotatable bonds is 2. The van der Waals surface area contributed by atoms with Gasteiger partial charge in [0.1, 0.15) is 11.0 Å². The van der Waals surface area contributed by atoms with Crippen LogP contribution in [0.5, 0.6) is 0 Å². The van der Waals surface area contributed by atoms with Crippen LogP contribution >= 0.6 is 0 Å². The third-order valence-electron chi connectivity index (χ3n) is 8.61. The predicted octanol–water partition coefficient (Wildman–Crippen LogP) is 7.31. The highest BCUT2D eigenvalue weighted by Gasteiger charge is 2.21. The van der Waals surface area contributed by atoms with E-state index in [1.165, 1.54) is 0 Å². The number of nitrogens with zero attached hydrogens (tertiary/aromatic N) is 4. The Bertz CT molecular complexity index is 2540. The van der Waals surface area contributed by atoms with Gasteiger partial charge in [-0.1, -0.05) is 36.4 Å². The molecule has 0 aliphatic heterocycles. The van der Waals surface area contributed by atoms with Gasteiger partial charge in [-0.15, -0.1) is 0 Å². The lowest BCUT2D eigenvalue weighted by Crippen LogP contribution is -2.14. The smallest absolute Gasteiger partial charge is 0.229 e. The third-order valence-corrected chi connectivity index (χ3v) is 8.61. The number of para-hydroxylation sites is 6. The molecule has 0 aliphatic rings. The zero-order chi connectivity index (χ0) is 29.7. The van der Waals surface area contributed by atoms with E-state index in [9.17, 15) is 9.59 Å². The van der Waals surface area contributed by atoms with Crippen molar-refractivity contribution in [3.8, 4) is 22.9 Å². The molecule has 0 unspecified atom stereocenters. The lowest BCUT2D eigenvalue weighted by atomic mass is 10.0. The second kappa shape index (κ2) is 8.75. The van der Waals surface area contributed by atoms with E-state index in [4.69, 9.17) is 18.8 Å². The zero-order valence-electron chi connectivity index (χ0n) is 23.7. The summed E-state index contributed by atoms with van der Waals surface area (Å²) < 4.78 is 16.1. The van der Waals surface area contributed by atoms with E-state index in [1.807, 2.05) is 120 Å². The van der Waals surface area contributed by atoms with Crippen LogP contribution in [0.2, 0.25) is 0 Å². The maximum Gasteiger partial charge on any atom is 0.229 e. The average molecular weight is 575 g/mol. The van der Waals surface area contributed by atoms with Crippen molar-refractivity contribution in [1.82, 2.24) is 19.1 Å². The first-order valence-corrected chi connectivity index (χ1v) is 14.2. The summed E-state index contributed by atoms with van der Waals surface area (Å²) in [7, 11) is 3.80. The molecule has 44 heavy (non-hydrogen) atoms. The first-order chi connectivity index (χ1) is 21.5. The van der Waals surface area contributed by atoms with Crippen molar-refractivity contribution in [3.05, 3.63) is 118 Å². The molecule has 4 heterocycles. The van der Waals surface area contributed by atoms with Crippen LogP contribution in [-0.2, 0) is 14.1 Å². The summed E-state index contributed by atoms with van der Waals surface area (Å²) >= 11 is 0. The summed E-state index contributed by atoms with van der Waals surface area (Å²) in [6.07, 6.45) is 0. The molecule has 9 rings (SSSR count). The standard InChI is InChI=1S/C36H22N4O4/c1-39-27-17-24-28(40(2)32-20(34(24)42)10-8-12-22(32)36-38-26-14-4-6-16-30(26)44-36)18-23(27)33(41)19-9-7-11-21(31(19)39)35-37-25-13-3-5-15-29(25)43-35/h3-18H,1-2H3. The van der Waals surface area contributed by atoms with Gasteiger partial charge in [0.25, 0.3) is 0 Å². The summed E-state index contributed by atoms with van der Waals surface area (Å²) in [5.41, 5.74) is 6.62. The van der Waals surface area contributed by atoms with Crippen molar-refractivity contribution >= 4 is 65.8 Å². The van der Waals surface area contributed by atoms with Gasteiger partial charge in [-0.05, 0) is 60.7 Å². The summed E-state index contributed by atoms with van der Waals surface area (Å²) in [6, 6.07) is 29.9. The molecule has 9 aromatic rings. The van der Waals surface area contributed by atoms with Gasteiger partial charge < -0.3 is 18.0 Å². The van der Waals surface area contributed by atoms with Gasteiger partial charge in [-0.2, -0.15) is 0 Å². The van der Waals surface area contributed by atoms with Crippen molar-refractivity contribution in [2.45, 2.75) is 0 Å². The quantitative estimate of drug-likeness (QED) is 0.201. The highest BCUT2D eigenvalue weighted by molar-refractivity contribution is 6.07. The minimum atomic E-state index is -0.132. The molecule has 0 bridgehead atoms. The van der Waals surface area contributed by atoms with Gasteiger partial charge in [-0.25, -0.2) is 9.97 Å². The van der Waals surface area contributed by atoms with E-state index < -0.39 is 0 Å². The number of hydrogen-bond donors (Lipinski definition) is 0. The second-order valence-electron chi connectivity index (χ2n) is 11.0. The van der Waals surface area contributed by atoms with Crippen LogP contribution in [0.25, 0.3) is 88.7 Å². The van der Waals surface area contributed by atoms with E-state index in [-0.39, 0.29) is 10.9 Å². The lowest BCUT2D eigenvalue weighted by Gasteiger charge is -2.16. The molecule has 210 valence electrons. The number of aromatic nitrogens is 4. The molecular weight excluding hydrogens is 552 g/mol. The van der Waals surface area contributed by atoms with Crippen LogP contribution in [-0.4, -0.2) is 19.1 Å². The lowest BCUT2D eigenvalue weighted by molar-refractivity contribution is 0.619. The van der Waals surface area contributed by atoms with E-state index >= 15 is 0 Å². The number of oxazole rings is 2. The van der Waals surface area contributed by atoms with Crippen molar-refractivity contribution in [2.75, 3.05) is 0 Å². The van der Waals surface area contributed by atoms with Crippen LogP contribution < -0.4 is 10.9 Å². The Kier molecular flexibility index (Phi) is 4.88. The van der Waals surface area contributed by atoms with Crippen LogP contribution in [0.15, 0.2) is 115 Å². The Morgan fingerprint density at radius 1 is 0.523 bits per heavy atom. The molecule has 0 saturated carbocycles. The topological polar surface area (TPSA) is 96.1 Å². The Labute approximate surface area is 248 Å². The number of pyridine rings is 2. The molecule has 0 aliphatic carbocycles. The average Bonchev–Trinajstić information content (AvgIpc) is 3.69. The molecule has 0 amide bonds. The molecule has 0 N–H and O–H groups in total. The SMILES string of the molecule is Cn1c2cc3c(=O)c4cccc(-c5nc6ccccc6o5)c4n(C)c3cc2c(=O)c2cccc(-c3nc4ccccc4o3)c21. The molecule has 5 aromatic carbocycles. The van der Waals surface area contributed by atoms with Gasteiger partial charge in [0.05, 0.1) is 33.2 Å². The monoisotopic (exact) mass is 574 g/mol. The highest BCUT2D eigenvalue weighted by Crippen LogP contribution is 2.34. The van der Waals surface area contributed by atoms with Crippen molar-refractivity contribution in [3.63, 3.8) is 0 Å². The molecule has 0 spiro atoms. The van der Waals surface area contributed by atoms with Gasteiger partial charge >= 0.3 is 0 Å². The Morgan fingerprint density at radius 2 is 0.955 bits per heavy atom. The van der Waals surface area contributed by atoms with Crippen LogP contribution in [0.4, 0.5) is 0 Å². The predicted molar refractivity (Wildman–Crippen MR) is 173 cm³/mol. The first-order valence-electron chi connectivity index (χ1n) is 14.2. The van der Waals surface area contributed by atoms with Crippen LogP contribution in [0.1, 0.15) is 0 Å². The van der Waals surface area contributed by atoms with Crippen molar-refractivity contribution in [1.29, 1.82) is 0 Å². The molecule has 0 saturated heterocycles. The van der Waals surface area contributed by atoms with E-state index in [2.05, 4.69) is 0 Å². The van der Waals surface area contributed by atoms with E-state index in [0.717, 1.165) is 11.0 Å². The summed E-state index contributed by atoms with van der Waals surface area (Å²) in [6.45, 7) is 0. The second-order valence-corrected chi connectivity index (χ2v) is 11.0. The van der Waals surface area contributed by atoms with Gasteiger partial charge in [0.15, 0.2) is 22.0 Å². The summed E-state index contributed by atoms with van der Waals surface area (Å²) in [4.78, 5) is 37.6. The fourth-order valence-electron chi connectivity index (χ4n) is 6.52. The van der Waals surface area contributed by atoms with Crippen LogP contribution in [0, 0.1) is 0 Å². The number of hydrogen-bond acceptors (Lipinski definition) is 6. The first kappa shape index (κ1) is 24.6. The highest BCUT2D eigenvalue weighted by atomic mass is 16.4. The summed E-state index contributed by atoms with van der Waals surface area (Å²) in [5, 5.41) is 2.10. The molecule has 0 fully saturated rings. The minimum Gasteiger partial charge on any atom is -0.436 e. The fraction of sp³-hybridized carbons (Fsp3) is 0.0556. The van der Waals surface area contributed by atoms with E-state index in [1.54, 1.807) is 0 Å². The Balaban J connectivity index is 1.36. The molecule has 8 nitrogen and oxygen atoms in total.